The minimum Gasteiger partial charge on any atom is -0.447 e. The highest BCUT2D eigenvalue weighted by atomic mass is 16.3. The molecule has 0 aromatic carbocycles. The molecule has 0 bridgehead atoms. The van der Waals surface area contributed by atoms with Crippen LogP contribution in [-0.2, 0) is 6.42 Å². The van der Waals surface area contributed by atoms with Crippen molar-refractivity contribution in [1.29, 1.82) is 0 Å². The van der Waals surface area contributed by atoms with Crippen molar-refractivity contribution in [3.05, 3.63) is 17.8 Å². The predicted molar refractivity (Wildman–Crippen MR) is 51.9 cm³/mol. The van der Waals surface area contributed by atoms with Crippen LogP contribution in [0.3, 0.4) is 0 Å². The Morgan fingerprint density at radius 2 is 2.64 bits per heavy atom. The van der Waals surface area contributed by atoms with Gasteiger partial charge in [0.05, 0.1) is 17.8 Å². The minimum atomic E-state index is -0.357. The number of aromatic nitrogens is 1. The zero-order valence-corrected chi connectivity index (χ0v) is 8.36. The first-order valence-corrected chi connectivity index (χ1v) is 5.11. The van der Waals surface area contributed by atoms with Crippen LogP contribution in [0.1, 0.15) is 37.4 Å². The van der Waals surface area contributed by atoms with Gasteiger partial charge in [0, 0.05) is 6.42 Å². The second kappa shape index (κ2) is 4.11. The largest absolute Gasteiger partial charge is 0.447 e. The number of rotatable bonds is 3. The average Bonchev–Trinajstić information content (AvgIpc) is 2.69. The van der Waals surface area contributed by atoms with E-state index in [0.29, 0.717) is 6.42 Å². The molecule has 2 rings (SSSR count). The van der Waals surface area contributed by atoms with Crippen LogP contribution >= 0.6 is 0 Å². The molecule has 1 aromatic heterocycles. The molecule has 2 atom stereocenters. The van der Waals surface area contributed by atoms with Crippen molar-refractivity contribution in [3.63, 3.8) is 0 Å². The molecule has 1 aliphatic heterocycles. The van der Waals surface area contributed by atoms with E-state index < -0.39 is 0 Å². The van der Waals surface area contributed by atoms with Crippen LogP contribution in [0.25, 0.3) is 0 Å². The fraction of sp³-hybridized carbons (Fsp3) is 0.700. The zero-order valence-electron chi connectivity index (χ0n) is 8.36. The molecule has 78 valence electrons. The topological polar surface area (TPSA) is 58.3 Å². The number of nitrogens with zero attached hydrogens (tertiary/aromatic N) is 1. The molecule has 2 heterocycles. The van der Waals surface area contributed by atoms with Gasteiger partial charge in [0.25, 0.3) is 0 Å². The summed E-state index contributed by atoms with van der Waals surface area (Å²) in [6.45, 7) is 2.79. The average molecular weight is 196 g/mol. The van der Waals surface area contributed by atoms with Crippen molar-refractivity contribution in [3.8, 4) is 0 Å². The highest BCUT2D eigenvalue weighted by Crippen LogP contribution is 2.22. The molecular formula is C10H16N2O2. The van der Waals surface area contributed by atoms with Crippen LogP contribution in [-0.4, -0.2) is 22.7 Å². The Hall–Kier alpha value is -0.870. The van der Waals surface area contributed by atoms with Gasteiger partial charge in [-0.05, 0) is 26.3 Å². The Morgan fingerprint density at radius 1 is 1.79 bits per heavy atom. The van der Waals surface area contributed by atoms with E-state index in [0.717, 1.165) is 24.6 Å². The maximum atomic E-state index is 9.18. The van der Waals surface area contributed by atoms with Crippen LogP contribution in [0.4, 0.5) is 0 Å². The molecule has 0 spiro atoms. The molecule has 4 nitrogen and oxygen atoms in total. The summed E-state index contributed by atoms with van der Waals surface area (Å²) in [6.07, 6.45) is 4.12. The lowest BCUT2D eigenvalue weighted by molar-refractivity contribution is 0.194. The number of hydrogen-bond donors (Lipinski definition) is 2. The van der Waals surface area contributed by atoms with Crippen LogP contribution in [0.15, 0.2) is 10.7 Å². The van der Waals surface area contributed by atoms with Gasteiger partial charge in [0.2, 0.25) is 5.89 Å². The maximum Gasteiger partial charge on any atom is 0.211 e. The number of hydrogen-bond acceptors (Lipinski definition) is 4. The van der Waals surface area contributed by atoms with Gasteiger partial charge in [0.1, 0.15) is 6.26 Å². The first-order chi connectivity index (χ1) is 6.75. The summed E-state index contributed by atoms with van der Waals surface area (Å²) in [5.74, 6) is 0.762. The van der Waals surface area contributed by atoms with Gasteiger partial charge >= 0.3 is 0 Å². The SMILES string of the molecule is CC(O)Cc1coc(C2CCCN2)n1. The van der Waals surface area contributed by atoms with Gasteiger partial charge in [-0.3, -0.25) is 0 Å². The third kappa shape index (κ3) is 2.13. The molecule has 1 aliphatic rings. The first kappa shape index (κ1) is 9.68. The second-order valence-corrected chi connectivity index (χ2v) is 3.88. The Balaban J connectivity index is 2.01. The normalized spacial score (nSPS) is 24.0. The highest BCUT2D eigenvalue weighted by molar-refractivity contribution is 5.02. The molecular weight excluding hydrogens is 180 g/mol. The number of oxazole rings is 1. The van der Waals surface area contributed by atoms with Crippen LogP contribution in [0, 0.1) is 0 Å². The molecule has 0 radical (unpaired) electrons. The van der Waals surface area contributed by atoms with Crippen molar-refractivity contribution in [2.24, 2.45) is 0 Å². The Kier molecular flexibility index (Phi) is 2.84. The molecule has 4 heteroatoms. The molecule has 0 amide bonds. The van der Waals surface area contributed by atoms with Crippen molar-refractivity contribution in [1.82, 2.24) is 10.3 Å². The predicted octanol–water partition coefficient (Wildman–Crippen LogP) is 1.02. The van der Waals surface area contributed by atoms with E-state index in [1.165, 1.54) is 6.42 Å². The lowest BCUT2D eigenvalue weighted by Crippen LogP contribution is -2.13. The third-order valence-corrected chi connectivity index (χ3v) is 2.43. The van der Waals surface area contributed by atoms with E-state index in [2.05, 4.69) is 10.3 Å². The summed E-state index contributed by atoms with van der Waals surface area (Å²) in [5.41, 5.74) is 0.837. The Bertz CT molecular complexity index is 290. The minimum absolute atomic E-state index is 0.276. The molecule has 1 fully saturated rings. The number of aliphatic hydroxyl groups is 1. The van der Waals surface area contributed by atoms with Crippen LogP contribution in [0.5, 0.6) is 0 Å². The molecule has 1 saturated heterocycles. The van der Waals surface area contributed by atoms with Crippen LogP contribution < -0.4 is 5.32 Å². The lowest BCUT2D eigenvalue weighted by atomic mass is 10.2. The van der Waals surface area contributed by atoms with Gasteiger partial charge in [0.15, 0.2) is 0 Å². The smallest absolute Gasteiger partial charge is 0.211 e. The van der Waals surface area contributed by atoms with Gasteiger partial charge in [-0.1, -0.05) is 0 Å². The Morgan fingerprint density at radius 3 is 3.29 bits per heavy atom. The molecule has 0 saturated carbocycles. The number of aliphatic hydroxyl groups excluding tert-OH is 1. The first-order valence-electron chi connectivity index (χ1n) is 5.11. The number of nitrogens with one attached hydrogen (secondary N) is 1. The van der Waals surface area contributed by atoms with Crippen molar-refractivity contribution >= 4 is 0 Å². The van der Waals surface area contributed by atoms with Gasteiger partial charge in [-0.15, -0.1) is 0 Å². The molecule has 1 aromatic rings. The highest BCUT2D eigenvalue weighted by Gasteiger charge is 2.21. The van der Waals surface area contributed by atoms with Gasteiger partial charge < -0.3 is 14.8 Å². The lowest BCUT2D eigenvalue weighted by Gasteiger charge is -2.03. The molecule has 2 unspecified atom stereocenters. The van der Waals surface area contributed by atoms with Gasteiger partial charge in [-0.2, -0.15) is 0 Å². The van der Waals surface area contributed by atoms with E-state index >= 15 is 0 Å². The fourth-order valence-electron chi connectivity index (χ4n) is 1.77. The monoisotopic (exact) mass is 196 g/mol. The summed E-state index contributed by atoms with van der Waals surface area (Å²) < 4.78 is 5.36. The van der Waals surface area contributed by atoms with E-state index in [4.69, 9.17) is 4.42 Å². The second-order valence-electron chi connectivity index (χ2n) is 3.88. The standard InChI is InChI=1S/C10H16N2O2/c1-7(13)5-8-6-14-10(12-8)9-3-2-4-11-9/h6-7,9,11,13H,2-5H2,1H3. The molecule has 14 heavy (non-hydrogen) atoms. The zero-order chi connectivity index (χ0) is 9.97. The Labute approximate surface area is 83.3 Å². The van der Waals surface area contributed by atoms with Crippen molar-refractivity contribution in [2.75, 3.05) is 6.54 Å². The molecule has 2 N–H and O–H groups in total. The summed E-state index contributed by atoms with van der Waals surface area (Å²) in [6, 6.07) is 0.276. The molecule has 0 aliphatic carbocycles. The third-order valence-electron chi connectivity index (χ3n) is 2.43. The van der Waals surface area contributed by atoms with E-state index in [1.54, 1.807) is 13.2 Å². The van der Waals surface area contributed by atoms with E-state index in [1.807, 2.05) is 0 Å². The fourth-order valence-corrected chi connectivity index (χ4v) is 1.77. The van der Waals surface area contributed by atoms with Crippen LogP contribution in [0.2, 0.25) is 0 Å². The van der Waals surface area contributed by atoms with E-state index in [9.17, 15) is 5.11 Å². The summed E-state index contributed by atoms with van der Waals surface area (Å²) in [5, 5.41) is 12.5. The maximum absolute atomic E-state index is 9.18. The summed E-state index contributed by atoms with van der Waals surface area (Å²) in [4.78, 5) is 4.34. The van der Waals surface area contributed by atoms with Gasteiger partial charge in [-0.25, -0.2) is 4.98 Å². The van der Waals surface area contributed by atoms with E-state index in [-0.39, 0.29) is 12.1 Å². The van der Waals surface area contributed by atoms with Crippen molar-refractivity contribution < 1.29 is 9.52 Å². The van der Waals surface area contributed by atoms with Crippen molar-refractivity contribution in [2.45, 2.75) is 38.3 Å². The summed E-state index contributed by atoms with van der Waals surface area (Å²) in [7, 11) is 0. The summed E-state index contributed by atoms with van der Waals surface area (Å²) >= 11 is 0. The quantitative estimate of drug-likeness (QED) is 0.758.